The van der Waals surface area contributed by atoms with Crippen LogP contribution in [0.3, 0.4) is 0 Å². The molecule has 2 aromatic rings. The van der Waals surface area contributed by atoms with E-state index in [0.29, 0.717) is 5.02 Å². The lowest BCUT2D eigenvalue weighted by Crippen LogP contribution is -2.07. The molecular weight excluding hydrogens is 312 g/mol. The van der Waals surface area contributed by atoms with Crippen molar-refractivity contribution in [1.82, 2.24) is 4.98 Å². The van der Waals surface area contributed by atoms with Crippen molar-refractivity contribution in [2.24, 2.45) is 5.84 Å². The molecule has 0 fully saturated rings. The number of nitrogens with two attached hydrogens (primary N) is 1. The Hall–Kier alpha value is -0.590. The molecule has 0 unspecified atom stereocenters. The van der Waals surface area contributed by atoms with Crippen LogP contribution in [-0.4, -0.2) is 4.98 Å². The van der Waals surface area contributed by atoms with Gasteiger partial charge in [-0.1, -0.05) is 11.6 Å². The van der Waals surface area contributed by atoms with Crippen LogP contribution < -0.4 is 11.3 Å². The predicted molar refractivity (Wildman–Crippen MR) is 67.3 cm³/mol. The zero-order valence-corrected chi connectivity index (χ0v) is 10.0. The molecule has 3 N–H and O–H groups in total. The van der Waals surface area contributed by atoms with Crippen LogP contribution >= 0.6 is 34.2 Å². The number of hydrogen-bond acceptors (Lipinski definition) is 3. The average Bonchev–Trinajstić information content (AvgIpc) is 2.17. The van der Waals surface area contributed by atoms with Crippen LogP contribution in [0.15, 0.2) is 24.4 Å². The predicted octanol–water partition coefficient (Wildman–Crippen LogP) is 2.78. The van der Waals surface area contributed by atoms with Gasteiger partial charge in [0.05, 0.1) is 11.2 Å². The lowest BCUT2D eigenvalue weighted by molar-refractivity contribution is 1.33. The Balaban J connectivity index is 2.86. The van der Waals surface area contributed by atoms with Crippen molar-refractivity contribution in [2.45, 2.75) is 0 Å². The van der Waals surface area contributed by atoms with Gasteiger partial charge in [-0.3, -0.25) is 10.8 Å². The van der Waals surface area contributed by atoms with E-state index in [1.165, 1.54) is 0 Å². The molecule has 1 heterocycles. The Labute approximate surface area is 99.8 Å². The van der Waals surface area contributed by atoms with Gasteiger partial charge in [-0.2, -0.15) is 0 Å². The second kappa shape index (κ2) is 3.88. The summed E-state index contributed by atoms with van der Waals surface area (Å²) in [5, 5.41) is 1.62. The molecule has 14 heavy (non-hydrogen) atoms. The van der Waals surface area contributed by atoms with E-state index in [4.69, 9.17) is 17.4 Å². The Bertz CT molecular complexity index is 487. The van der Waals surface area contributed by atoms with Crippen LogP contribution in [0.5, 0.6) is 0 Å². The fourth-order valence-corrected chi connectivity index (χ4v) is 2.47. The van der Waals surface area contributed by atoms with Crippen molar-refractivity contribution in [3.05, 3.63) is 33.0 Å². The highest BCUT2D eigenvalue weighted by Crippen LogP contribution is 2.28. The quantitative estimate of drug-likeness (QED) is 0.483. The van der Waals surface area contributed by atoms with E-state index in [9.17, 15) is 0 Å². The van der Waals surface area contributed by atoms with E-state index in [2.05, 4.69) is 33.0 Å². The van der Waals surface area contributed by atoms with Gasteiger partial charge >= 0.3 is 0 Å². The lowest BCUT2D eigenvalue weighted by atomic mass is 10.2. The van der Waals surface area contributed by atoms with Crippen LogP contribution in [0.2, 0.25) is 5.02 Å². The van der Waals surface area contributed by atoms with Gasteiger partial charge in [0.1, 0.15) is 0 Å². The maximum Gasteiger partial charge on any atom is 0.0857 e. The van der Waals surface area contributed by atoms with Crippen LogP contribution in [0, 0.1) is 3.57 Å². The highest BCUT2D eigenvalue weighted by Gasteiger charge is 2.05. The summed E-state index contributed by atoms with van der Waals surface area (Å²) in [7, 11) is 0. The molecule has 0 aliphatic heterocycles. The SMILES string of the molecule is NNc1ccnc2c(I)cc(Cl)cc12. The van der Waals surface area contributed by atoms with E-state index in [1.807, 2.05) is 18.2 Å². The van der Waals surface area contributed by atoms with Crippen molar-refractivity contribution < 1.29 is 0 Å². The molecule has 72 valence electrons. The first-order chi connectivity index (χ1) is 6.72. The van der Waals surface area contributed by atoms with Crippen molar-refractivity contribution in [3.63, 3.8) is 0 Å². The van der Waals surface area contributed by atoms with Crippen molar-refractivity contribution in [3.8, 4) is 0 Å². The average molecular weight is 320 g/mol. The minimum Gasteiger partial charge on any atom is -0.323 e. The number of nitrogens with zero attached hydrogens (tertiary/aromatic N) is 1. The number of nitrogens with one attached hydrogen (secondary N) is 1. The Kier molecular flexibility index (Phi) is 2.76. The summed E-state index contributed by atoms with van der Waals surface area (Å²) in [5.41, 5.74) is 4.36. The molecule has 0 aliphatic carbocycles. The summed E-state index contributed by atoms with van der Waals surface area (Å²) < 4.78 is 1.02. The standard InChI is InChI=1S/C9H7ClIN3/c10-5-3-6-8(14-12)1-2-13-9(6)7(11)4-5/h1-4H,12H2,(H,13,14). The Morgan fingerprint density at radius 3 is 2.93 bits per heavy atom. The van der Waals surface area contributed by atoms with Gasteiger partial charge in [0.25, 0.3) is 0 Å². The molecule has 3 nitrogen and oxygen atoms in total. The number of pyridine rings is 1. The molecular formula is C9H7ClIN3. The topological polar surface area (TPSA) is 50.9 Å². The minimum absolute atomic E-state index is 0.686. The molecule has 0 spiro atoms. The molecule has 1 aromatic heterocycles. The minimum atomic E-state index is 0.686. The summed E-state index contributed by atoms with van der Waals surface area (Å²) >= 11 is 8.15. The number of anilines is 1. The summed E-state index contributed by atoms with van der Waals surface area (Å²) in [6.45, 7) is 0. The van der Waals surface area contributed by atoms with Gasteiger partial charge in [-0.25, -0.2) is 0 Å². The zero-order chi connectivity index (χ0) is 10.1. The van der Waals surface area contributed by atoms with Crippen LogP contribution in [0.1, 0.15) is 0 Å². The molecule has 0 atom stereocenters. The number of benzene rings is 1. The number of rotatable bonds is 1. The first kappa shape index (κ1) is 9.95. The summed E-state index contributed by atoms with van der Waals surface area (Å²) in [6.07, 6.45) is 1.72. The summed E-state index contributed by atoms with van der Waals surface area (Å²) in [4.78, 5) is 4.27. The zero-order valence-electron chi connectivity index (χ0n) is 7.09. The van der Waals surface area contributed by atoms with Crippen LogP contribution in [0.4, 0.5) is 5.69 Å². The van der Waals surface area contributed by atoms with Crippen LogP contribution in [0.25, 0.3) is 10.9 Å². The fraction of sp³-hybridized carbons (Fsp3) is 0. The monoisotopic (exact) mass is 319 g/mol. The Morgan fingerprint density at radius 1 is 1.43 bits per heavy atom. The number of halogens is 2. The molecule has 0 aliphatic rings. The number of aromatic nitrogens is 1. The van der Waals surface area contributed by atoms with Crippen molar-refractivity contribution >= 4 is 50.8 Å². The van der Waals surface area contributed by atoms with E-state index >= 15 is 0 Å². The second-order valence-corrected chi connectivity index (χ2v) is 4.39. The third kappa shape index (κ3) is 1.65. The summed E-state index contributed by atoms with van der Waals surface area (Å²) in [6, 6.07) is 5.54. The maximum atomic E-state index is 5.95. The smallest absolute Gasteiger partial charge is 0.0857 e. The van der Waals surface area contributed by atoms with Gasteiger partial charge in [0.15, 0.2) is 0 Å². The normalized spacial score (nSPS) is 10.5. The molecule has 2 rings (SSSR count). The second-order valence-electron chi connectivity index (χ2n) is 2.79. The molecule has 1 aromatic carbocycles. The first-order valence-electron chi connectivity index (χ1n) is 3.93. The van der Waals surface area contributed by atoms with E-state index in [-0.39, 0.29) is 0 Å². The third-order valence-corrected chi connectivity index (χ3v) is 2.96. The van der Waals surface area contributed by atoms with Gasteiger partial charge in [-0.05, 0) is 40.8 Å². The van der Waals surface area contributed by atoms with E-state index < -0.39 is 0 Å². The third-order valence-electron chi connectivity index (χ3n) is 1.92. The van der Waals surface area contributed by atoms with E-state index in [1.54, 1.807) is 6.20 Å². The lowest BCUT2D eigenvalue weighted by Gasteiger charge is -2.06. The van der Waals surface area contributed by atoms with Crippen molar-refractivity contribution in [1.29, 1.82) is 0 Å². The van der Waals surface area contributed by atoms with Crippen LogP contribution in [-0.2, 0) is 0 Å². The highest BCUT2D eigenvalue weighted by molar-refractivity contribution is 14.1. The first-order valence-corrected chi connectivity index (χ1v) is 5.38. The number of hydrazine groups is 1. The summed E-state index contributed by atoms with van der Waals surface area (Å²) in [5.74, 6) is 5.39. The molecule has 0 bridgehead atoms. The fourth-order valence-electron chi connectivity index (χ4n) is 1.30. The largest absolute Gasteiger partial charge is 0.323 e. The molecule has 0 radical (unpaired) electrons. The van der Waals surface area contributed by atoms with Gasteiger partial charge in [0.2, 0.25) is 0 Å². The van der Waals surface area contributed by atoms with Gasteiger partial charge < -0.3 is 5.43 Å². The Morgan fingerprint density at radius 2 is 2.21 bits per heavy atom. The highest BCUT2D eigenvalue weighted by atomic mass is 127. The van der Waals surface area contributed by atoms with Gasteiger partial charge in [0, 0.05) is 20.2 Å². The molecule has 0 saturated carbocycles. The van der Waals surface area contributed by atoms with E-state index in [0.717, 1.165) is 20.2 Å². The number of fused-ring (bicyclic) bond motifs is 1. The molecule has 5 heteroatoms. The molecule has 0 amide bonds. The van der Waals surface area contributed by atoms with Gasteiger partial charge in [-0.15, -0.1) is 0 Å². The number of nitrogen functional groups attached to an aromatic ring is 1. The number of hydrogen-bond donors (Lipinski definition) is 2. The maximum absolute atomic E-state index is 5.95. The molecule has 0 saturated heterocycles. The van der Waals surface area contributed by atoms with Crippen molar-refractivity contribution in [2.75, 3.05) is 5.43 Å².